The van der Waals surface area contributed by atoms with E-state index in [1.807, 2.05) is 19.9 Å². The number of nitrogens with two attached hydrogens (primary N) is 1. The van der Waals surface area contributed by atoms with Crippen molar-refractivity contribution in [1.82, 2.24) is 4.98 Å². The maximum Gasteiger partial charge on any atom is 0.163 e. The van der Waals surface area contributed by atoms with Gasteiger partial charge in [-0.05, 0) is 100 Å². The van der Waals surface area contributed by atoms with Crippen molar-refractivity contribution in [1.29, 1.82) is 0 Å². The van der Waals surface area contributed by atoms with Crippen LogP contribution in [0.2, 0.25) is 0 Å². The van der Waals surface area contributed by atoms with Gasteiger partial charge in [0.1, 0.15) is 18.0 Å². The van der Waals surface area contributed by atoms with Crippen LogP contribution in [0, 0.1) is 5.82 Å². The molecule has 0 spiro atoms. The van der Waals surface area contributed by atoms with Crippen LogP contribution in [0.1, 0.15) is 68.1 Å². The molecule has 1 heterocycles. The van der Waals surface area contributed by atoms with Crippen molar-refractivity contribution < 1.29 is 28.9 Å². The molecular weight excluding hydrogens is 487 g/mol. The molecule has 202 valence electrons. The number of pyridine rings is 1. The molecule has 0 unspecified atom stereocenters. The Morgan fingerprint density at radius 3 is 2.42 bits per heavy atom. The summed E-state index contributed by atoms with van der Waals surface area (Å²) < 4.78 is 24.9. The van der Waals surface area contributed by atoms with Gasteiger partial charge in [-0.2, -0.15) is 0 Å². The van der Waals surface area contributed by atoms with E-state index < -0.39 is 11.1 Å². The van der Waals surface area contributed by atoms with Crippen LogP contribution >= 0.6 is 0 Å². The molecule has 1 saturated carbocycles. The maximum atomic E-state index is 13.5. The predicted molar refractivity (Wildman–Crippen MR) is 143 cm³/mol. The van der Waals surface area contributed by atoms with Gasteiger partial charge in [0, 0.05) is 23.1 Å². The fraction of sp³-hybridized carbons (Fsp3) is 0.400. The number of halogens is 1. The number of benzene rings is 2. The summed E-state index contributed by atoms with van der Waals surface area (Å²) in [5, 5.41) is 20.6. The van der Waals surface area contributed by atoms with Crippen LogP contribution in [-0.2, 0) is 11.1 Å². The lowest BCUT2D eigenvalue weighted by molar-refractivity contribution is 0.0396. The second kappa shape index (κ2) is 11.2. The summed E-state index contributed by atoms with van der Waals surface area (Å²) >= 11 is 0. The number of nitrogens with zero attached hydrogens (tertiary/aromatic N) is 1. The van der Waals surface area contributed by atoms with Crippen LogP contribution in [-0.4, -0.2) is 40.3 Å². The molecule has 1 aliphatic carbocycles. The molecule has 7 nitrogen and oxygen atoms in total. The molecule has 1 aromatic heterocycles. The molecule has 4 N–H and O–H groups in total. The van der Waals surface area contributed by atoms with Crippen molar-refractivity contribution >= 4 is 5.78 Å². The fourth-order valence-corrected chi connectivity index (χ4v) is 3.99. The number of carbonyl (C=O) groups is 1. The molecular formula is C30H35FN2O5. The Hall–Kier alpha value is -3.33. The lowest BCUT2D eigenvalue weighted by Crippen LogP contribution is -2.31. The number of aromatic nitrogens is 1. The van der Waals surface area contributed by atoms with Crippen molar-refractivity contribution in [2.75, 3.05) is 13.2 Å². The monoisotopic (exact) mass is 522 g/mol. The highest BCUT2D eigenvalue weighted by atomic mass is 19.1. The van der Waals surface area contributed by atoms with Crippen LogP contribution in [0.25, 0.3) is 11.3 Å². The largest absolute Gasteiger partial charge is 0.487 e. The van der Waals surface area contributed by atoms with Crippen LogP contribution in [0.5, 0.6) is 11.5 Å². The zero-order valence-electron chi connectivity index (χ0n) is 22.0. The average Bonchev–Trinajstić information content (AvgIpc) is 3.70. The third-order valence-corrected chi connectivity index (χ3v) is 6.53. The molecule has 0 aliphatic heterocycles. The first-order chi connectivity index (χ1) is 18.0. The minimum Gasteiger partial charge on any atom is -0.487 e. The van der Waals surface area contributed by atoms with Crippen molar-refractivity contribution in [2.45, 2.75) is 63.7 Å². The molecule has 2 aromatic carbocycles. The van der Waals surface area contributed by atoms with E-state index in [1.54, 1.807) is 43.3 Å². The van der Waals surface area contributed by atoms with Gasteiger partial charge in [0.15, 0.2) is 17.3 Å². The van der Waals surface area contributed by atoms with Gasteiger partial charge in [0.2, 0.25) is 0 Å². The Labute approximate surface area is 222 Å². The topological polar surface area (TPSA) is 115 Å². The van der Waals surface area contributed by atoms with Gasteiger partial charge in [-0.15, -0.1) is 0 Å². The van der Waals surface area contributed by atoms with Crippen molar-refractivity contribution in [2.24, 2.45) is 5.73 Å². The number of aliphatic hydroxyl groups is 2. The lowest BCUT2D eigenvalue weighted by Gasteiger charge is -2.27. The lowest BCUT2D eigenvalue weighted by atomic mass is 9.88. The third kappa shape index (κ3) is 6.95. The van der Waals surface area contributed by atoms with E-state index in [4.69, 9.17) is 20.3 Å². The highest BCUT2D eigenvalue weighted by molar-refractivity contribution is 5.96. The Kier molecular flexibility index (Phi) is 8.16. The molecule has 1 fully saturated rings. The molecule has 0 bridgehead atoms. The van der Waals surface area contributed by atoms with E-state index in [0.29, 0.717) is 34.0 Å². The SMILES string of the molecule is CC(C)(N)c1cc(-c2ccc(F)cc2)nc([C@@](C)(O)CCC(=O)c2ccc(OC3CC3)c(OCCO)c2)c1. The Morgan fingerprint density at radius 2 is 1.79 bits per heavy atom. The highest BCUT2D eigenvalue weighted by Crippen LogP contribution is 2.36. The van der Waals surface area contributed by atoms with Gasteiger partial charge < -0.3 is 25.4 Å². The van der Waals surface area contributed by atoms with Gasteiger partial charge in [0.25, 0.3) is 0 Å². The third-order valence-electron chi connectivity index (χ3n) is 6.53. The van der Waals surface area contributed by atoms with Crippen molar-refractivity contribution in [3.05, 3.63) is 77.2 Å². The van der Waals surface area contributed by atoms with E-state index in [1.165, 1.54) is 12.1 Å². The van der Waals surface area contributed by atoms with E-state index in [0.717, 1.165) is 18.4 Å². The molecule has 8 heteroatoms. The summed E-state index contributed by atoms with van der Waals surface area (Å²) in [5.74, 6) is 0.424. The number of carbonyl (C=O) groups excluding carboxylic acids is 1. The number of ketones is 1. The standard InChI is InChI=1S/C30H35FN2O5/c1-29(2,32)21-17-24(19-4-7-22(31)8-5-19)33-28(18-21)30(3,36)13-12-25(35)20-6-11-26(38-23-9-10-23)27(16-20)37-15-14-34/h4-8,11,16-18,23,34,36H,9-10,12-15,32H2,1-3H3/t30-/m0/s1. The van der Waals surface area contributed by atoms with Crippen LogP contribution in [0.15, 0.2) is 54.6 Å². The second-order valence-electron chi connectivity index (χ2n) is 10.6. The van der Waals surface area contributed by atoms with Crippen LogP contribution < -0.4 is 15.2 Å². The highest BCUT2D eigenvalue weighted by Gasteiger charge is 2.30. The summed E-state index contributed by atoms with van der Waals surface area (Å²) in [6.45, 7) is 5.25. The van der Waals surface area contributed by atoms with Gasteiger partial charge in [-0.3, -0.25) is 4.79 Å². The quantitative estimate of drug-likeness (QED) is 0.291. The van der Waals surface area contributed by atoms with E-state index in [2.05, 4.69) is 4.98 Å². The first kappa shape index (κ1) is 27.7. The number of hydrogen-bond donors (Lipinski definition) is 3. The first-order valence-corrected chi connectivity index (χ1v) is 12.8. The minimum absolute atomic E-state index is 0.0546. The number of aliphatic hydroxyl groups excluding tert-OH is 1. The van der Waals surface area contributed by atoms with Crippen LogP contribution in [0.4, 0.5) is 4.39 Å². The summed E-state index contributed by atoms with van der Waals surface area (Å²) in [4.78, 5) is 17.8. The van der Waals surface area contributed by atoms with E-state index in [9.17, 15) is 14.3 Å². The van der Waals surface area contributed by atoms with E-state index >= 15 is 0 Å². The molecule has 0 saturated heterocycles. The Balaban J connectivity index is 1.55. The van der Waals surface area contributed by atoms with E-state index in [-0.39, 0.29) is 43.8 Å². The molecule has 1 atom stereocenters. The molecule has 0 amide bonds. The zero-order chi connectivity index (χ0) is 27.5. The minimum atomic E-state index is -1.43. The molecule has 1 aliphatic rings. The van der Waals surface area contributed by atoms with Gasteiger partial charge >= 0.3 is 0 Å². The first-order valence-electron chi connectivity index (χ1n) is 12.8. The van der Waals surface area contributed by atoms with Crippen LogP contribution in [0.3, 0.4) is 0 Å². The molecule has 3 aromatic rings. The Morgan fingerprint density at radius 1 is 1.08 bits per heavy atom. The van der Waals surface area contributed by atoms with Crippen molar-refractivity contribution in [3.63, 3.8) is 0 Å². The number of Topliss-reactive ketones (excluding diaryl/α,β-unsaturated/α-hetero) is 1. The summed E-state index contributed by atoms with van der Waals surface area (Å²) in [6, 6.07) is 14.6. The molecule has 0 radical (unpaired) electrons. The predicted octanol–water partition coefficient (Wildman–Crippen LogP) is 4.86. The average molecular weight is 523 g/mol. The van der Waals surface area contributed by atoms with Gasteiger partial charge in [-0.25, -0.2) is 9.37 Å². The maximum absolute atomic E-state index is 13.5. The van der Waals surface area contributed by atoms with Crippen molar-refractivity contribution in [3.8, 4) is 22.8 Å². The number of ether oxygens (including phenoxy) is 2. The smallest absolute Gasteiger partial charge is 0.163 e. The summed E-state index contributed by atoms with van der Waals surface area (Å²) in [7, 11) is 0. The number of hydrogen-bond acceptors (Lipinski definition) is 7. The number of rotatable bonds is 12. The fourth-order valence-electron chi connectivity index (χ4n) is 3.99. The Bertz CT molecular complexity index is 1280. The van der Waals surface area contributed by atoms with Gasteiger partial charge in [0.05, 0.1) is 24.1 Å². The normalized spacial score (nSPS) is 15.1. The zero-order valence-corrected chi connectivity index (χ0v) is 22.0. The van der Waals surface area contributed by atoms with Gasteiger partial charge in [-0.1, -0.05) is 0 Å². The summed E-state index contributed by atoms with van der Waals surface area (Å²) in [6.07, 6.45) is 2.29. The molecule has 38 heavy (non-hydrogen) atoms. The second-order valence-corrected chi connectivity index (χ2v) is 10.6. The molecule has 4 rings (SSSR count). The summed E-state index contributed by atoms with van der Waals surface area (Å²) in [5.41, 5.74) is 7.02.